The quantitative estimate of drug-likeness (QED) is 0.640. The molecule has 1 aliphatic heterocycles. The third-order valence-corrected chi connectivity index (χ3v) is 3.26. The van der Waals surface area contributed by atoms with Gasteiger partial charge >= 0.3 is 0 Å². The van der Waals surface area contributed by atoms with Crippen molar-refractivity contribution < 1.29 is 0 Å². The zero-order valence-electron chi connectivity index (χ0n) is 9.90. The zero-order valence-corrected chi connectivity index (χ0v) is 13.0. The van der Waals surface area contributed by atoms with E-state index < -0.39 is 0 Å². The van der Waals surface area contributed by atoms with Crippen LogP contribution < -0.4 is 10.6 Å². The second-order valence-corrected chi connectivity index (χ2v) is 4.59. The Balaban J connectivity index is 0.00000144. The van der Waals surface area contributed by atoms with E-state index in [0.29, 0.717) is 0 Å². The molecule has 0 aliphatic carbocycles. The highest BCUT2D eigenvalue weighted by Crippen LogP contribution is 2.14. The smallest absolute Gasteiger partial charge is 0.191 e. The fourth-order valence-corrected chi connectivity index (χ4v) is 1.99. The number of benzene rings is 1. The molecule has 1 aromatic carbocycles. The molecule has 2 N–H and O–H groups in total. The standard InChI is InChI=1S/C12H17N3S.HI/c1-16-11-5-3-10(4-6-11)9-15-12-13-7-2-8-14-12;/h3-6H,2,7-9H2,1H3,(H2,13,14,15);1H. The fourth-order valence-electron chi connectivity index (χ4n) is 1.58. The lowest BCUT2D eigenvalue weighted by Gasteiger charge is -2.16. The van der Waals surface area contributed by atoms with Crippen molar-refractivity contribution in [1.82, 2.24) is 10.6 Å². The predicted octanol–water partition coefficient (Wildman–Crippen LogP) is 2.47. The first-order valence-electron chi connectivity index (χ1n) is 5.53. The number of thioether (sulfide) groups is 1. The second-order valence-electron chi connectivity index (χ2n) is 3.71. The Labute approximate surface area is 124 Å². The van der Waals surface area contributed by atoms with E-state index in [-0.39, 0.29) is 24.0 Å². The van der Waals surface area contributed by atoms with Gasteiger partial charge in [-0.05, 0) is 30.4 Å². The van der Waals surface area contributed by atoms with E-state index in [9.17, 15) is 0 Å². The minimum atomic E-state index is 0. The third kappa shape index (κ3) is 4.75. The largest absolute Gasteiger partial charge is 0.356 e. The van der Waals surface area contributed by atoms with E-state index in [1.807, 2.05) is 0 Å². The van der Waals surface area contributed by atoms with E-state index in [4.69, 9.17) is 0 Å². The topological polar surface area (TPSA) is 36.4 Å². The van der Waals surface area contributed by atoms with Gasteiger partial charge in [0.2, 0.25) is 0 Å². The van der Waals surface area contributed by atoms with Crippen molar-refractivity contribution >= 4 is 41.7 Å². The van der Waals surface area contributed by atoms with Gasteiger partial charge in [-0.2, -0.15) is 0 Å². The van der Waals surface area contributed by atoms with E-state index in [2.05, 4.69) is 46.1 Å². The number of rotatable bonds is 3. The molecule has 0 radical (unpaired) electrons. The van der Waals surface area contributed by atoms with Crippen molar-refractivity contribution in [1.29, 1.82) is 0 Å². The molecule has 0 saturated heterocycles. The molecule has 0 aromatic heterocycles. The molecule has 0 fully saturated rings. The van der Waals surface area contributed by atoms with Crippen molar-refractivity contribution in [2.24, 2.45) is 4.99 Å². The Morgan fingerprint density at radius 2 is 2.12 bits per heavy atom. The molecule has 94 valence electrons. The highest BCUT2D eigenvalue weighted by Gasteiger charge is 2.02. The van der Waals surface area contributed by atoms with E-state index in [1.54, 1.807) is 11.8 Å². The average molecular weight is 363 g/mol. The van der Waals surface area contributed by atoms with Gasteiger partial charge in [-0.1, -0.05) is 12.1 Å². The van der Waals surface area contributed by atoms with Gasteiger partial charge in [0.15, 0.2) is 5.96 Å². The first-order chi connectivity index (χ1) is 7.88. The molecule has 3 nitrogen and oxygen atoms in total. The average Bonchev–Trinajstić information content (AvgIpc) is 2.38. The van der Waals surface area contributed by atoms with Crippen molar-refractivity contribution in [3.63, 3.8) is 0 Å². The minimum absolute atomic E-state index is 0. The second kappa shape index (κ2) is 7.81. The van der Waals surface area contributed by atoms with Gasteiger partial charge < -0.3 is 10.6 Å². The number of halogens is 1. The van der Waals surface area contributed by atoms with Crippen LogP contribution in [0, 0.1) is 0 Å². The van der Waals surface area contributed by atoms with Gasteiger partial charge in [0.25, 0.3) is 0 Å². The first kappa shape index (κ1) is 14.6. The monoisotopic (exact) mass is 363 g/mol. The molecule has 0 amide bonds. The van der Waals surface area contributed by atoms with Crippen LogP contribution in [0.15, 0.2) is 34.2 Å². The first-order valence-corrected chi connectivity index (χ1v) is 6.76. The van der Waals surface area contributed by atoms with Gasteiger partial charge in [-0.3, -0.25) is 4.99 Å². The van der Waals surface area contributed by atoms with Crippen LogP contribution >= 0.6 is 35.7 Å². The van der Waals surface area contributed by atoms with Crippen LogP contribution in [0.1, 0.15) is 12.0 Å². The predicted molar refractivity (Wildman–Crippen MR) is 85.4 cm³/mol. The Morgan fingerprint density at radius 3 is 2.71 bits per heavy atom. The summed E-state index contributed by atoms with van der Waals surface area (Å²) < 4.78 is 0. The molecule has 1 aliphatic rings. The zero-order chi connectivity index (χ0) is 11.2. The molecule has 17 heavy (non-hydrogen) atoms. The van der Waals surface area contributed by atoms with Crippen LogP contribution in [0.3, 0.4) is 0 Å². The molecular weight excluding hydrogens is 345 g/mol. The Morgan fingerprint density at radius 1 is 1.35 bits per heavy atom. The summed E-state index contributed by atoms with van der Waals surface area (Å²) in [6, 6.07) is 8.61. The Bertz CT molecular complexity index is 365. The highest BCUT2D eigenvalue weighted by molar-refractivity contribution is 14.0. The fraction of sp³-hybridized carbons (Fsp3) is 0.417. The van der Waals surface area contributed by atoms with E-state index in [1.165, 1.54) is 10.5 Å². The van der Waals surface area contributed by atoms with Gasteiger partial charge in [0, 0.05) is 24.5 Å². The van der Waals surface area contributed by atoms with Crippen LogP contribution in [0.4, 0.5) is 0 Å². The van der Waals surface area contributed by atoms with Gasteiger partial charge in [0.1, 0.15) is 0 Å². The lowest BCUT2D eigenvalue weighted by molar-refractivity contribution is 0.702. The van der Waals surface area contributed by atoms with Crippen LogP contribution in [0.5, 0.6) is 0 Å². The molecule has 1 heterocycles. The Kier molecular flexibility index (Phi) is 6.72. The normalized spacial score (nSPS) is 14.3. The van der Waals surface area contributed by atoms with Crippen LogP contribution in [-0.2, 0) is 6.54 Å². The summed E-state index contributed by atoms with van der Waals surface area (Å²) in [6.45, 7) is 2.79. The molecule has 5 heteroatoms. The number of nitrogens with zero attached hydrogens (tertiary/aromatic N) is 1. The lowest BCUT2D eigenvalue weighted by atomic mass is 10.2. The molecule has 0 unspecified atom stereocenters. The summed E-state index contributed by atoms with van der Waals surface area (Å²) in [5.74, 6) is 0.931. The molecular formula is C12H18IN3S. The highest BCUT2D eigenvalue weighted by atomic mass is 127. The maximum atomic E-state index is 4.37. The van der Waals surface area contributed by atoms with Crippen molar-refractivity contribution in [2.45, 2.75) is 17.9 Å². The van der Waals surface area contributed by atoms with E-state index in [0.717, 1.165) is 32.0 Å². The summed E-state index contributed by atoms with van der Waals surface area (Å²) in [4.78, 5) is 5.67. The summed E-state index contributed by atoms with van der Waals surface area (Å²) in [5.41, 5.74) is 1.29. The number of nitrogens with one attached hydrogen (secondary N) is 2. The maximum absolute atomic E-state index is 4.37. The van der Waals surface area contributed by atoms with Crippen LogP contribution in [0.2, 0.25) is 0 Å². The molecule has 0 atom stereocenters. The summed E-state index contributed by atoms with van der Waals surface area (Å²) in [7, 11) is 0. The summed E-state index contributed by atoms with van der Waals surface area (Å²) in [6.07, 6.45) is 3.22. The third-order valence-electron chi connectivity index (χ3n) is 2.52. The van der Waals surface area contributed by atoms with Gasteiger partial charge in [0.05, 0.1) is 0 Å². The van der Waals surface area contributed by atoms with Crippen molar-refractivity contribution in [3.05, 3.63) is 29.8 Å². The SMILES string of the molecule is CSc1ccc(CNC2=NCCCN2)cc1.I. The number of hydrogen-bond donors (Lipinski definition) is 2. The lowest BCUT2D eigenvalue weighted by Crippen LogP contribution is -2.40. The maximum Gasteiger partial charge on any atom is 0.191 e. The van der Waals surface area contributed by atoms with Gasteiger partial charge in [-0.25, -0.2) is 0 Å². The van der Waals surface area contributed by atoms with Crippen LogP contribution in [-0.4, -0.2) is 25.3 Å². The number of aliphatic imine (C=N–C) groups is 1. The molecule has 0 spiro atoms. The van der Waals surface area contributed by atoms with Crippen molar-refractivity contribution in [3.8, 4) is 0 Å². The van der Waals surface area contributed by atoms with E-state index >= 15 is 0 Å². The van der Waals surface area contributed by atoms with Crippen LogP contribution in [0.25, 0.3) is 0 Å². The molecule has 0 saturated carbocycles. The number of guanidine groups is 1. The summed E-state index contributed by atoms with van der Waals surface area (Å²) in [5, 5.41) is 6.55. The minimum Gasteiger partial charge on any atom is -0.356 e. The molecule has 1 aromatic rings. The Hall–Kier alpha value is -0.430. The van der Waals surface area contributed by atoms with Gasteiger partial charge in [-0.15, -0.1) is 35.7 Å². The number of hydrogen-bond acceptors (Lipinski definition) is 4. The summed E-state index contributed by atoms with van der Waals surface area (Å²) >= 11 is 1.77. The van der Waals surface area contributed by atoms with Crippen molar-refractivity contribution in [2.75, 3.05) is 19.3 Å². The molecule has 2 rings (SSSR count). The molecule has 0 bridgehead atoms.